The normalized spacial score (nSPS) is 11.9. The first-order valence-corrected chi connectivity index (χ1v) is 4.84. The Morgan fingerprint density at radius 1 is 1.14 bits per heavy atom. The highest BCUT2D eigenvalue weighted by atomic mass is 35.5. The van der Waals surface area contributed by atoms with Gasteiger partial charge >= 0.3 is 0 Å². The fourth-order valence-electron chi connectivity index (χ4n) is 1.25. The van der Waals surface area contributed by atoms with Crippen LogP contribution in [0.1, 0.15) is 26.3 Å². The van der Waals surface area contributed by atoms with E-state index in [1.807, 2.05) is 0 Å². The number of halogens is 4. The number of hydrogen-bond acceptors (Lipinski definition) is 0. The molecule has 0 spiro atoms. The van der Waals surface area contributed by atoms with E-state index in [1.54, 1.807) is 20.8 Å². The first kappa shape index (κ1) is 11.7. The molecule has 0 nitrogen and oxygen atoms in total. The van der Waals surface area contributed by atoms with Crippen molar-refractivity contribution in [1.82, 2.24) is 0 Å². The average Bonchev–Trinajstić information content (AvgIpc) is 1.97. The van der Waals surface area contributed by atoms with Crippen molar-refractivity contribution in [3.63, 3.8) is 0 Å². The standard InChI is InChI=1S/C10H10Cl2F2/c1-10(2,3)7-6(13)4-5(11)8(12)9(7)14/h4H,1-3H3. The van der Waals surface area contributed by atoms with Gasteiger partial charge in [-0.2, -0.15) is 0 Å². The van der Waals surface area contributed by atoms with Gasteiger partial charge in [0.05, 0.1) is 10.0 Å². The topological polar surface area (TPSA) is 0 Å². The molecule has 0 aromatic heterocycles. The van der Waals surface area contributed by atoms with Gasteiger partial charge in [0.15, 0.2) is 0 Å². The zero-order valence-electron chi connectivity index (χ0n) is 8.09. The monoisotopic (exact) mass is 238 g/mol. The van der Waals surface area contributed by atoms with Crippen LogP contribution in [0.15, 0.2) is 6.07 Å². The molecule has 0 aliphatic heterocycles. The Morgan fingerprint density at radius 3 is 2.07 bits per heavy atom. The van der Waals surface area contributed by atoms with E-state index in [0.717, 1.165) is 6.07 Å². The predicted octanol–water partition coefficient (Wildman–Crippen LogP) is 4.57. The summed E-state index contributed by atoms with van der Waals surface area (Å²) in [4.78, 5) is 0. The van der Waals surface area contributed by atoms with Crippen molar-refractivity contribution in [3.8, 4) is 0 Å². The second-order valence-electron chi connectivity index (χ2n) is 4.09. The lowest BCUT2D eigenvalue weighted by atomic mass is 9.86. The Hall–Kier alpha value is -0.340. The molecule has 0 aliphatic carbocycles. The summed E-state index contributed by atoms with van der Waals surface area (Å²) in [6.45, 7) is 5.12. The number of benzene rings is 1. The summed E-state index contributed by atoms with van der Waals surface area (Å²) in [5.41, 5.74) is -0.672. The Balaban J connectivity index is 3.53. The zero-order valence-corrected chi connectivity index (χ0v) is 9.60. The third kappa shape index (κ3) is 2.01. The van der Waals surface area contributed by atoms with Crippen molar-refractivity contribution in [3.05, 3.63) is 33.3 Å². The molecule has 4 heteroatoms. The van der Waals surface area contributed by atoms with Crippen LogP contribution in [0.5, 0.6) is 0 Å². The molecule has 0 fully saturated rings. The molecular formula is C10H10Cl2F2. The maximum absolute atomic E-state index is 13.6. The van der Waals surface area contributed by atoms with Crippen molar-refractivity contribution in [2.24, 2.45) is 0 Å². The molecule has 0 aliphatic rings. The molecular weight excluding hydrogens is 229 g/mol. The SMILES string of the molecule is CC(C)(C)c1c(F)cc(Cl)c(Cl)c1F. The number of hydrogen-bond donors (Lipinski definition) is 0. The second kappa shape index (κ2) is 3.67. The van der Waals surface area contributed by atoms with Crippen LogP contribution >= 0.6 is 23.2 Å². The summed E-state index contributed by atoms with van der Waals surface area (Å²) in [5, 5.41) is -0.326. The molecule has 0 saturated heterocycles. The van der Waals surface area contributed by atoms with Gasteiger partial charge in [-0.15, -0.1) is 0 Å². The summed E-state index contributed by atoms with van der Waals surface area (Å²) >= 11 is 11.1. The first-order valence-electron chi connectivity index (χ1n) is 4.08. The molecule has 1 aromatic carbocycles. The Bertz CT molecular complexity index is 367. The lowest BCUT2D eigenvalue weighted by molar-refractivity contribution is 0.476. The average molecular weight is 239 g/mol. The second-order valence-corrected chi connectivity index (χ2v) is 4.88. The molecule has 0 unspecified atom stereocenters. The van der Waals surface area contributed by atoms with Crippen LogP contribution in [0.4, 0.5) is 8.78 Å². The van der Waals surface area contributed by atoms with E-state index in [0.29, 0.717) is 0 Å². The highest BCUT2D eigenvalue weighted by Gasteiger charge is 2.26. The van der Waals surface area contributed by atoms with Gasteiger partial charge in [0.25, 0.3) is 0 Å². The highest BCUT2D eigenvalue weighted by Crippen LogP contribution is 2.35. The Kier molecular flexibility index (Phi) is 3.07. The molecule has 0 atom stereocenters. The molecule has 0 radical (unpaired) electrons. The smallest absolute Gasteiger partial charge is 0.149 e. The molecule has 1 rings (SSSR count). The Morgan fingerprint density at radius 2 is 1.64 bits per heavy atom. The minimum Gasteiger partial charge on any atom is -0.207 e. The molecule has 14 heavy (non-hydrogen) atoms. The third-order valence-corrected chi connectivity index (χ3v) is 2.63. The predicted molar refractivity (Wildman–Crippen MR) is 55.1 cm³/mol. The fraction of sp³-hybridized carbons (Fsp3) is 0.400. The minimum atomic E-state index is -0.774. The van der Waals surface area contributed by atoms with E-state index in [4.69, 9.17) is 23.2 Å². The molecule has 0 heterocycles. The maximum Gasteiger partial charge on any atom is 0.149 e. The first-order chi connectivity index (χ1) is 6.25. The van der Waals surface area contributed by atoms with E-state index in [1.165, 1.54) is 0 Å². The third-order valence-electron chi connectivity index (χ3n) is 1.86. The number of rotatable bonds is 0. The maximum atomic E-state index is 13.6. The van der Waals surface area contributed by atoms with Gasteiger partial charge in [0, 0.05) is 5.56 Å². The van der Waals surface area contributed by atoms with Crippen molar-refractivity contribution >= 4 is 23.2 Å². The van der Waals surface area contributed by atoms with Gasteiger partial charge in [-0.25, -0.2) is 8.78 Å². The lowest BCUT2D eigenvalue weighted by Gasteiger charge is -2.21. The largest absolute Gasteiger partial charge is 0.207 e. The fourth-order valence-corrected chi connectivity index (χ4v) is 1.58. The molecule has 0 N–H and O–H groups in total. The van der Waals surface area contributed by atoms with Crippen molar-refractivity contribution in [1.29, 1.82) is 0 Å². The van der Waals surface area contributed by atoms with Gasteiger partial charge < -0.3 is 0 Å². The summed E-state index contributed by atoms with van der Waals surface area (Å²) in [5.74, 6) is -1.44. The van der Waals surface area contributed by atoms with Crippen LogP contribution in [0, 0.1) is 11.6 Å². The van der Waals surface area contributed by atoms with E-state index in [2.05, 4.69) is 0 Å². The van der Waals surface area contributed by atoms with Crippen LogP contribution in [0.25, 0.3) is 0 Å². The van der Waals surface area contributed by atoms with E-state index < -0.39 is 17.0 Å². The van der Waals surface area contributed by atoms with Crippen LogP contribution < -0.4 is 0 Å². The molecule has 78 valence electrons. The summed E-state index contributed by atoms with van der Waals surface area (Å²) in [6.07, 6.45) is 0. The van der Waals surface area contributed by atoms with Gasteiger partial charge in [-0.05, 0) is 11.5 Å². The van der Waals surface area contributed by atoms with Crippen LogP contribution in [-0.4, -0.2) is 0 Å². The summed E-state index contributed by atoms with van der Waals surface area (Å²) in [6, 6.07) is 1.04. The summed E-state index contributed by atoms with van der Waals surface area (Å²) < 4.78 is 27.0. The van der Waals surface area contributed by atoms with E-state index in [9.17, 15) is 8.78 Å². The van der Waals surface area contributed by atoms with Gasteiger partial charge in [-0.1, -0.05) is 44.0 Å². The van der Waals surface area contributed by atoms with Gasteiger partial charge in [0.2, 0.25) is 0 Å². The zero-order chi connectivity index (χ0) is 11.1. The molecule has 0 saturated carbocycles. The van der Waals surface area contributed by atoms with Gasteiger partial charge in [-0.3, -0.25) is 0 Å². The van der Waals surface area contributed by atoms with Crippen molar-refractivity contribution in [2.45, 2.75) is 26.2 Å². The lowest BCUT2D eigenvalue weighted by Crippen LogP contribution is -2.16. The van der Waals surface area contributed by atoms with Crippen molar-refractivity contribution < 1.29 is 8.78 Å². The highest BCUT2D eigenvalue weighted by molar-refractivity contribution is 6.42. The quantitative estimate of drug-likeness (QED) is 0.459. The van der Waals surface area contributed by atoms with E-state index >= 15 is 0 Å². The van der Waals surface area contributed by atoms with Crippen LogP contribution in [0.3, 0.4) is 0 Å². The van der Waals surface area contributed by atoms with E-state index in [-0.39, 0.29) is 15.6 Å². The molecule has 0 amide bonds. The van der Waals surface area contributed by atoms with Gasteiger partial charge in [0.1, 0.15) is 11.6 Å². The molecule has 0 bridgehead atoms. The van der Waals surface area contributed by atoms with Crippen molar-refractivity contribution in [2.75, 3.05) is 0 Å². The van der Waals surface area contributed by atoms with Crippen LogP contribution in [0.2, 0.25) is 10.0 Å². The minimum absolute atomic E-state index is 0.0353. The van der Waals surface area contributed by atoms with Crippen LogP contribution in [-0.2, 0) is 5.41 Å². The molecule has 1 aromatic rings. The summed E-state index contributed by atoms with van der Waals surface area (Å²) in [7, 11) is 0. The Labute approximate surface area is 91.8 Å².